The number of aliphatic imine (C=N–C) groups is 3. The summed E-state index contributed by atoms with van der Waals surface area (Å²) in [6, 6.07) is 3.22. The van der Waals surface area contributed by atoms with Crippen molar-refractivity contribution in [2.24, 2.45) is 94.7 Å². The van der Waals surface area contributed by atoms with Crippen molar-refractivity contribution in [2.75, 3.05) is 18.9 Å². The van der Waals surface area contributed by atoms with Gasteiger partial charge in [-0.25, -0.2) is 19.9 Å². The van der Waals surface area contributed by atoms with Crippen LogP contribution < -0.4 is 50.3 Å². The number of anilines is 1. The molecule has 0 spiro atoms. The molecule has 0 saturated carbocycles. The molecule has 1 aromatic carbocycles. The number of phenolic OH excluding ortho intramolecular Hbond substituents is 1. The van der Waals surface area contributed by atoms with Crippen molar-refractivity contribution in [3.63, 3.8) is 0 Å². The number of nitrogen functional groups attached to an aromatic ring is 1. The number of benzene rings is 1. The number of aliphatic hydroxyl groups is 4. The Morgan fingerprint density at radius 1 is 0.759 bits per heavy atom. The number of phenols is 1. The van der Waals surface area contributed by atoms with E-state index in [9.17, 15) is 68.6 Å². The van der Waals surface area contributed by atoms with Crippen LogP contribution in [0.4, 0.5) is 5.82 Å². The molecule has 20 N–H and O–H groups in total. The van der Waals surface area contributed by atoms with Crippen LogP contribution in [-0.4, -0.2) is 181 Å². The summed E-state index contributed by atoms with van der Waals surface area (Å²) in [6.45, 7) is 18.6. The number of aromatic nitrogens is 6. The van der Waals surface area contributed by atoms with Crippen molar-refractivity contribution >= 4 is 94.3 Å². The van der Waals surface area contributed by atoms with Gasteiger partial charge < -0.3 is 111 Å². The van der Waals surface area contributed by atoms with Crippen molar-refractivity contribution in [1.82, 2.24) is 34.4 Å². The number of phosphoric ester groups is 1. The zero-order chi connectivity index (χ0) is 78.7. The molecule has 108 heavy (non-hydrogen) atoms. The van der Waals surface area contributed by atoms with E-state index in [0.717, 1.165) is 0 Å². The van der Waals surface area contributed by atoms with E-state index >= 15 is 0 Å². The Bertz CT molecular complexity index is 4460. The minimum atomic E-state index is -5.34. The molecule has 36 nitrogen and oxygen atoms in total. The first kappa shape index (κ1) is 83.6. The van der Waals surface area contributed by atoms with Gasteiger partial charge in [0.05, 0.1) is 53.7 Å². The van der Waals surface area contributed by atoms with E-state index in [1.165, 1.54) is 53.2 Å². The summed E-state index contributed by atoms with van der Waals surface area (Å²) in [6.07, 6.45) is -6.15. The Labute approximate surface area is 632 Å². The topological polar surface area (TPSA) is 604 Å². The summed E-state index contributed by atoms with van der Waals surface area (Å²) in [5.41, 5.74) is 40.7. The van der Waals surface area contributed by atoms with Crippen molar-refractivity contribution < 1.29 is 104 Å². The Morgan fingerprint density at radius 2 is 1.38 bits per heavy atom. The molecule has 7 amide bonds. The van der Waals surface area contributed by atoms with Gasteiger partial charge in [0.15, 0.2) is 23.9 Å². The number of allylic oxidation sites excluding steroid dienone is 6. The summed E-state index contributed by atoms with van der Waals surface area (Å²) >= 11 is 0. The third-order valence-corrected chi connectivity index (χ3v) is 24.0. The maximum absolute atomic E-state index is 14.3. The molecule has 1 radical (unpaired) electrons. The summed E-state index contributed by atoms with van der Waals surface area (Å²) in [5, 5.41) is 59.3. The number of nitrogens with one attached hydrogen (secondary N) is 1. The van der Waals surface area contributed by atoms with Gasteiger partial charge in [0, 0.05) is 131 Å². The number of aliphatic hydroxyl groups excluding tert-OH is 4. The zero-order valence-corrected chi connectivity index (χ0v) is 63.3. The number of imidazole rings is 2. The molecule has 3 aromatic heterocycles. The largest absolute Gasteiger partial charge is 0.756 e. The predicted octanol–water partition coefficient (Wildman–Crippen LogP) is 1.26. The number of amides is 7. The molecule has 3 fully saturated rings. The molecule has 38 heteroatoms. The fourth-order valence-electron chi connectivity index (χ4n) is 17.1. The molecule has 11 rings (SSSR count). The molecular formula is C70H96CoN18O18P-3. The van der Waals surface area contributed by atoms with Crippen molar-refractivity contribution in [3.05, 3.63) is 83.7 Å². The molecule has 7 aliphatic heterocycles. The van der Waals surface area contributed by atoms with Crippen molar-refractivity contribution in [1.29, 1.82) is 0 Å². The number of nitrogens with zero attached hydrogens (tertiary/aromatic N) is 10. The molecular weight excluding hydrogens is 1470 g/mol. The third kappa shape index (κ3) is 16.0. The first-order valence-corrected chi connectivity index (χ1v) is 36.6. The van der Waals surface area contributed by atoms with Crippen LogP contribution in [0.25, 0.3) is 27.5 Å². The van der Waals surface area contributed by atoms with Gasteiger partial charge in [0.25, 0.3) is 7.82 Å². The number of nitrogens with two attached hydrogens (primary N) is 7. The van der Waals surface area contributed by atoms with Crippen LogP contribution in [-0.2, 0) is 73.4 Å². The monoisotopic (exact) mass is 1570 g/mol. The summed E-state index contributed by atoms with van der Waals surface area (Å²) in [7, 11) is -5.34. The standard InChI is InChI=1S/C60H86N13O15P.C10H12N5O3.Co/c1-28(87-89(84,85)88-51-39(26-74)86-55(50(51)83)73-27-68-37-20-31(75)10-14-38(37)73)25-67-47(82)18-19-57(6)35(21-44(64)79)54-60(9)59(8,24-46(66)81)34(13-17-43(63)78)49(72-60)30(3)53-58(7,23-45(65)80)32(11-15-41(61)76)36(69-53)22-40-56(4,5)33(12-16-42(62)77)48(70-40)29(2)52(57)71-54;1-4-6(16)7(17)10(18-4)15-3-14-5-8(11)12-2-13-9(5)15;/h10,14,20,22,27-28,32-35,39,50-51,54-55,74,83H,11-13,15-19,21,23-26H2,1-9H3,(H16,61,62,63,64,65,66,67,69,70,71,72,75,76,77,78,79,80,81,82,84,85);2-4,6-7,10,16-17H,1H2,(H2,11,12,13);/q;-1;/p-2/t28-,32-,33-,34-,35+,39-,50-,51-,54-,55+,57-,58+,59+,60+;4-,6-,7-,10-;/m11./s1. The third-order valence-electron chi connectivity index (χ3n) is 22.8. The molecule has 19 atom stereocenters. The van der Waals surface area contributed by atoms with Gasteiger partial charge >= 0.3 is 0 Å². The number of aromatic hydroxyl groups is 1. The number of carbonyl (C=O) groups is 7. The first-order valence-electron chi connectivity index (χ1n) is 35.2. The molecule has 3 saturated heterocycles. The maximum Gasteiger partial charge on any atom is 0.268 e. The molecule has 1 unspecified atom stereocenters. The molecule has 4 aromatic rings. The van der Waals surface area contributed by atoms with Gasteiger partial charge in [0.2, 0.25) is 41.4 Å². The van der Waals surface area contributed by atoms with Crippen LogP contribution in [0.3, 0.4) is 0 Å². The molecule has 0 aliphatic carbocycles. The van der Waals surface area contributed by atoms with E-state index in [1.54, 1.807) is 13.8 Å². The van der Waals surface area contributed by atoms with Crippen molar-refractivity contribution in [3.8, 4) is 5.75 Å². The van der Waals surface area contributed by atoms with Crippen LogP contribution >= 0.6 is 7.82 Å². The average molecular weight is 1570 g/mol. The summed E-state index contributed by atoms with van der Waals surface area (Å²) in [4.78, 5) is 139. The number of fused-ring (bicyclic) bond motifs is 8. The van der Waals surface area contributed by atoms with E-state index in [2.05, 4.69) is 32.2 Å². The first-order chi connectivity index (χ1) is 50.0. The number of hydrogen-bond donors (Lipinski definition) is 13. The van der Waals surface area contributed by atoms with E-state index in [4.69, 9.17) is 79.0 Å². The number of carbonyl (C=O) groups excluding carboxylic acids is 7. The van der Waals surface area contributed by atoms with E-state index in [1.807, 2.05) is 47.6 Å². The van der Waals surface area contributed by atoms with E-state index in [0.29, 0.717) is 67.6 Å². The summed E-state index contributed by atoms with van der Waals surface area (Å²) < 4.78 is 38.4. The van der Waals surface area contributed by atoms with Gasteiger partial charge in [-0.05, 0) is 100 Å². The number of ether oxygens (including phenoxy) is 2. The molecule has 7 aliphatic rings. The zero-order valence-electron chi connectivity index (χ0n) is 61.4. The fraction of sp³-hybridized carbons (Fsp3) is 0.586. The van der Waals surface area contributed by atoms with Gasteiger partial charge in [0.1, 0.15) is 42.0 Å². The number of phosphoric acid groups is 1. The van der Waals surface area contributed by atoms with Gasteiger partial charge in [-0.3, -0.25) is 57.7 Å². The Balaban J connectivity index is 0.000000612. The number of hydrogen-bond acceptors (Lipinski definition) is 26. The maximum atomic E-state index is 14.3. The smallest absolute Gasteiger partial charge is 0.268 e. The van der Waals surface area contributed by atoms with Crippen LogP contribution in [0.15, 0.2) is 86.5 Å². The fourth-order valence-corrected chi connectivity index (χ4v) is 18.2. The van der Waals surface area contributed by atoms with Crippen LogP contribution in [0.1, 0.15) is 145 Å². The number of primary amides is 6. The van der Waals surface area contributed by atoms with Crippen LogP contribution in [0, 0.1) is 52.3 Å². The normalized spacial score (nSPS) is 33.8. The molecule has 591 valence electrons. The SMILES string of the molecule is C/C1=C2/[N-][C@H]([C@H](CC(N)=O)[C@@]2(C)CCC(=O)NC[C@@H](C)OP(=O)([O-])O[C@H]2[C@@H](O)[C@@H](n3cnc4cc(O)ccc43)O[C@@H]2CO)[C@]2(C)N=C(/C(C)=C3N=C(/C=C4N=C1[C@@H](CCC(N)=O)C\4(C)C)[C@@H](CCC(N)=O)[C@]\3(C)CC(N)=O)[C@@H](CCC(N)=O)[C@]2(C)CC(N)=O.[CH2-][C@H]1O[C@@H](n2cnc3c(N)ncnc32)[C@H](O)[C@@H]1O.[Co]. The Kier molecular flexibility index (Phi) is 24.7. The second-order valence-corrected chi connectivity index (χ2v) is 31.7. The van der Waals surface area contributed by atoms with Gasteiger partial charge in [-0.2, -0.15) is 5.70 Å². The van der Waals surface area contributed by atoms with E-state index < -0.39 is 168 Å². The van der Waals surface area contributed by atoms with Gasteiger partial charge in [-0.1, -0.05) is 40.7 Å². The Morgan fingerprint density at radius 3 is 1.98 bits per heavy atom. The predicted molar refractivity (Wildman–Crippen MR) is 385 cm³/mol. The Hall–Kier alpha value is -8.46. The van der Waals surface area contributed by atoms with Crippen molar-refractivity contribution in [2.45, 2.75) is 200 Å². The number of rotatable bonds is 27. The second kappa shape index (κ2) is 31.9. The van der Waals surface area contributed by atoms with Crippen LogP contribution in [0.2, 0.25) is 0 Å². The molecule has 10 heterocycles. The quantitative estimate of drug-likeness (QED) is 0.0295. The minimum absolute atomic E-state index is 0. The second-order valence-electron chi connectivity index (χ2n) is 30.4. The van der Waals surface area contributed by atoms with Crippen LogP contribution in [0.5, 0.6) is 5.75 Å². The summed E-state index contributed by atoms with van der Waals surface area (Å²) in [5.74, 6) is -7.30. The minimum Gasteiger partial charge on any atom is -0.756 e. The average Bonchev–Trinajstić information content (AvgIpc) is 1.53. The van der Waals surface area contributed by atoms with E-state index in [-0.39, 0.29) is 106 Å². The van der Waals surface area contributed by atoms with Gasteiger partial charge in [-0.15, -0.1) is 0 Å². The molecule has 8 bridgehead atoms.